The highest BCUT2D eigenvalue weighted by atomic mass is 79.9. The van der Waals surface area contributed by atoms with Gasteiger partial charge in [0.25, 0.3) is 0 Å². The van der Waals surface area contributed by atoms with Crippen molar-refractivity contribution >= 4 is 21.6 Å². The van der Waals surface area contributed by atoms with Crippen LogP contribution in [0.5, 0.6) is 0 Å². The summed E-state index contributed by atoms with van der Waals surface area (Å²) in [5.41, 5.74) is 2.68. The molecule has 0 bridgehead atoms. The molecule has 0 spiro atoms. The molecule has 1 heterocycles. The summed E-state index contributed by atoms with van der Waals surface area (Å²) in [5.74, 6) is 0. The van der Waals surface area contributed by atoms with Gasteiger partial charge in [0, 0.05) is 23.2 Å². The Bertz CT molecular complexity index is 442. The summed E-state index contributed by atoms with van der Waals surface area (Å²) in [4.78, 5) is 2.46. The second-order valence-corrected chi connectivity index (χ2v) is 7.24. The fourth-order valence-corrected chi connectivity index (χ4v) is 3.43. The summed E-state index contributed by atoms with van der Waals surface area (Å²) in [6.07, 6.45) is 3.37. The number of hydrogen-bond acceptors (Lipinski definition) is 2. The zero-order valence-corrected chi connectivity index (χ0v) is 13.7. The van der Waals surface area contributed by atoms with Gasteiger partial charge in [-0.25, -0.2) is 0 Å². The molecule has 1 aromatic carbocycles. The minimum atomic E-state index is -0.425. The minimum absolute atomic E-state index is 0.425. The van der Waals surface area contributed by atoms with E-state index in [0.29, 0.717) is 5.41 Å². The van der Waals surface area contributed by atoms with Gasteiger partial charge in [-0.3, -0.25) is 0 Å². The molecule has 1 atom stereocenters. The molecule has 1 saturated heterocycles. The molecule has 1 aliphatic heterocycles. The van der Waals surface area contributed by atoms with Crippen molar-refractivity contribution < 1.29 is 5.11 Å². The van der Waals surface area contributed by atoms with Crippen molar-refractivity contribution in [3.8, 4) is 0 Å². The van der Waals surface area contributed by atoms with Gasteiger partial charge in [0.2, 0.25) is 0 Å². The Hall–Kier alpha value is -0.540. The Morgan fingerprint density at radius 1 is 1.26 bits per heavy atom. The van der Waals surface area contributed by atoms with Crippen molar-refractivity contribution in [1.29, 1.82) is 0 Å². The molecule has 2 nitrogen and oxygen atoms in total. The van der Waals surface area contributed by atoms with Gasteiger partial charge in [0.1, 0.15) is 0 Å². The number of rotatable bonds is 2. The number of aliphatic hydroxyl groups is 1. The molecule has 106 valence electrons. The molecule has 0 unspecified atom stereocenters. The average Bonchev–Trinajstić information content (AvgIpc) is 2.49. The molecule has 1 fully saturated rings. The fourth-order valence-electron chi connectivity index (χ4n) is 2.73. The summed E-state index contributed by atoms with van der Waals surface area (Å²) >= 11 is 3.57. The van der Waals surface area contributed by atoms with Crippen LogP contribution in [0.25, 0.3) is 0 Å². The van der Waals surface area contributed by atoms with E-state index in [-0.39, 0.29) is 0 Å². The van der Waals surface area contributed by atoms with Crippen LogP contribution in [0.2, 0.25) is 0 Å². The first-order valence-electron chi connectivity index (χ1n) is 7.11. The van der Waals surface area contributed by atoms with E-state index in [4.69, 9.17) is 0 Å². The Kier molecular flexibility index (Phi) is 4.57. The molecule has 1 aliphatic rings. The lowest BCUT2D eigenvalue weighted by molar-refractivity contribution is 0.198. The minimum Gasteiger partial charge on any atom is -0.389 e. The number of aliphatic hydroxyl groups excluding tert-OH is 1. The molecule has 1 N–H and O–H groups in total. The summed E-state index contributed by atoms with van der Waals surface area (Å²) in [7, 11) is 0. The van der Waals surface area contributed by atoms with Gasteiger partial charge in [0.05, 0.1) is 6.10 Å². The van der Waals surface area contributed by atoms with Crippen LogP contribution in [0, 0.1) is 5.41 Å². The molecular formula is C16H24BrNO. The molecule has 0 amide bonds. The first-order chi connectivity index (χ1) is 8.89. The predicted octanol–water partition coefficient (Wildman–Crippen LogP) is 4.52. The third-order valence-corrected chi connectivity index (χ3v) is 4.83. The molecule has 3 heteroatoms. The quantitative estimate of drug-likeness (QED) is 0.864. The fraction of sp³-hybridized carbons (Fsp3) is 0.625. The molecule has 0 aliphatic carbocycles. The van der Waals surface area contributed by atoms with E-state index in [1.807, 2.05) is 6.07 Å². The van der Waals surface area contributed by atoms with Gasteiger partial charge in [-0.2, -0.15) is 0 Å². The highest BCUT2D eigenvalue weighted by Gasteiger charge is 2.23. The Balaban J connectivity index is 2.16. The van der Waals surface area contributed by atoms with Crippen LogP contribution in [-0.2, 0) is 0 Å². The van der Waals surface area contributed by atoms with Crippen molar-refractivity contribution in [2.45, 2.75) is 46.1 Å². The van der Waals surface area contributed by atoms with E-state index < -0.39 is 6.10 Å². The van der Waals surface area contributed by atoms with E-state index in [1.165, 1.54) is 24.9 Å². The zero-order chi connectivity index (χ0) is 14.0. The lowest BCUT2D eigenvalue weighted by atomic mass is 9.85. The first-order valence-corrected chi connectivity index (χ1v) is 7.91. The molecule has 2 rings (SSSR count). The van der Waals surface area contributed by atoms with Gasteiger partial charge in [0.15, 0.2) is 0 Å². The van der Waals surface area contributed by atoms with Gasteiger partial charge < -0.3 is 10.0 Å². The largest absolute Gasteiger partial charge is 0.389 e. The number of halogens is 1. The van der Waals surface area contributed by atoms with Crippen molar-refractivity contribution in [3.63, 3.8) is 0 Å². The van der Waals surface area contributed by atoms with Crippen molar-refractivity contribution in [1.82, 2.24) is 0 Å². The van der Waals surface area contributed by atoms with Crippen LogP contribution in [0.4, 0.5) is 5.69 Å². The van der Waals surface area contributed by atoms with Gasteiger partial charge in [-0.1, -0.05) is 35.8 Å². The number of hydrogen-bond donors (Lipinski definition) is 1. The lowest BCUT2D eigenvalue weighted by Gasteiger charge is -2.25. The van der Waals surface area contributed by atoms with Crippen LogP contribution >= 0.6 is 15.9 Å². The topological polar surface area (TPSA) is 23.5 Å². The summed E-state index contributed by atoms with van der Waals surface area (Å²) in [6, 6.07) is 6.30. The van der Waals surface area contributed by atoms with Gasteiger partial charge >= 0.3 is 0 Å². The van der Waals surface area contributed by atoms with E-state index in [0.717, 1.165) is 23.1 Å². The van der Waals surface area contributed by atoms with Crippen molar-refractivity contribution in [2.24, 2.45) is 5.41 Å². The third-order valence-electron chi connectivity index (χ3n) is 4.14. The monoisotopic (exact) mass is 325 g/mol. The molecule has 0 aromatic heterocycles. The Morgan fingerprint density at radius 3 is 2.63 bits per heavy atom. The maximum absolute atomic E-state index is 9.68. The van der Waals surface area contributed by atoms with E-state index in [9.17, 15) is 5.11 Å². The average molecular weight is 326 g/mol. The van der Waals surface area contributed by atoms with Crippen LogP contribution in [0.3, 0.4) is 0 Å². The Morgan fingerprint density at radius 2 is 2.00 bits per heavy atom. The van der Waals surface area contributed by atoms with E-state index in [1.54, 1.807) is 6.92 Å². The molecular weight excluding hydrogens is 302 g/mol. The highest BCUT2D eigenvalue weighted by Crippen LogP contribution is 2.33. The second kappa shape index (κ2) is 5.84. The predicted molar refractivity (Wildman–Crippen MR) is 84.6 cm³/mol. The molecule has 0 saturated carbocycles. The molecule has 1 aromatic rings. The number of benzene rings is 1. The molecule has 19 heavy (non-hydrogen) atoms. The maximum atomic E-state index is 9.68. The summed E-state index contributed by atoms with van der Waals surface area (Å²) in [5, 5.41) is 9.68. The van der Waals surface area contributed by atoms with Gasteiger partial charge in [-0.05, 0) is 49.3 Å². The SMILES string of the molecule is C[C@H](O)c1ccc(N2CCCC(C)(C)CC2)cc1Br. The Labute approximate surface area is 124 Å². The first kappa shape index (κ1) is 14.9. The smallest absolute Gasteiger partial charge is 0.0772 e. The van der Waals surface area contributed by atoms with Gasteiger partial charge in [-0.15, -0.1) is 0 Å². The van der Waals surface area contributed by atoms with Crippen LogP contribution in [-0.4, -0.2) is 18.2 Å². The summed E-state index contributed by atoms with van der Waals surface area (Å²) < 4.78 is 1.00. The number of anilines is 1. The number of nitrogens with zero attached hydrogens (tertiary/aromatic N) is 1. The van der Waals surface area contributed by atoms with Crippen LogP contribution < -0.4 is 4.90 Å². The van der Waals surface area contributed by atoms with Crippen molar-refractivity contribution in [2.75, 3.05) is 18.0 Å². The lowest BCUT2D eigenvalue weighted by Crippen LogP contribution is -2.25. The zero-order valence-electron chi connectivity index (χ0n) is 12.1. The standard InChI is InChI=1S/C16H24BrNO/c1-12(19)14-6-5-13(11-15(14)17)18-9-4-7-16(2,3)8-10-18/h5-6,11-12,19H,4,7-10H2,1-3H3/t12-/m0/s1. The normalized spacial score (nSPS) is 21.0. The maximum Gasteiger partial charge on any atom is 0.0772 e. The highest BCUT2D eigenvalue weighted by molar-refractivity contribution is 9.10. The van der Waals surface area contributed by atoms with Crippen LogP contribution in [0.15, 0.2) is 22.7 Å². The van der Waals surface area contributed by atoms with E-state index >= 15 is 0 Å². The molecule has 0 radical (unpaired) electrons. The van der Waals surface area contributed by atoms with Crippen molar-refractivity contribution in [3.05, 3.63) is 28.2 Å². The summed E-state index contributed by atoms with van der Waals surface area (Å²) in [6.45, 7) is 8.78. The van der Waals surface area contributed by atoms with Crippen LogP contribution in [0.1, 0.15) is 51.7 Å². The third kappa shape index (κ3) is 3.73. The van der Waals surface area contributed by atoms with E-state index in [2.05, 4.69) is 46.8 Å². The second-order valence-electron chi connectivity index (χ2n) is 6.39.